The molecule has 0 aliphatic rings. The highest BCUT2D eigenvalue weighted by Crippen LogP contribution is 2.28. The topological polar surface area (TPSA) is 62.7 Å². The average molecular weight is 403 g/mol. The molecule has 0 aliphatic heterocycles. The first-order valence-corrected chi connectivity index (χ1v) is 9.63. The number of nitrogens with zero attached hydrogens (tertiary/aromatic N) is 3. The van der Waals surface area contributed by atoms with E-state index in [0.717, 1.165) is 11.3 Å². The SMILES string of the molecule is CN(C)C(=O)COc1cccc(C(=O)N(C)C(c2ccccc2)c2ccccn2)c1. The van der Waals surface area contributed by atoms with Crippen LogP contribution in [0.4, 0.5) is 0 Å². The molecule has 0 saturated heterocycles. The van der Waals surface area contributed by atoms with Crippen LogP contribution in [-0.2, 0) is 4.79 Å². The van der Waals surface area contributed by atoms with Crippen molar-refractivity contribution < 1.29 is 14.3 Å². The van der Waals surface area contributed by atoms with E-state index < -0.39 is 0 Å². The zero-order valence-electron chi connectivity index (χ0n) is 17.4. The van der Waals surface area contributed by atoms with E-state index in [1.54, 1.807) is 56.5 Å². The van der Waals surface area contributed by atoms with Gasteiger partial charge in [-0.05, 0) is 35.9 Å². The molecule has 30 heavy (non-hydrogen) atoms. The van der Waals surface area contributed by atoms with Crippen molar-refractivity contribution in [3.8, 4) is 5.75 Å². The van der Waals surface area contributed by atoms with Gasteiger partial charge in [0.25, 0.3) is 11.8 Å². The molecule has 2 amide bonds. The fourth-order valence-electron chi connectivity index (χ4n) is 3.08. The molecular formula is C24H25N3O3. The van der Waals surface area contributed by atoms with Crippen LogP contribution in [0.5, 0.6) is 5.75 Å². The van der Waals surface area contributed by atoms with Crippen molar-refractivity contribution in [3.05, 3.63) is 95.8 Å². The van der Waals surface area contributed by atoms with Crippen LogP contribution in [-0.4, -0.2) is 54.3 Å². The van der Waals surface area contributed by atoms with Gasteiger partial charge in [-0.15, -0.1) is 0 Å². The number of hydrogen-bond acceptors (Lipinski definition) is 4. The Hall–Kier alpha value is -3.67. The molecule has 0 spiro atoms. The molecule has 0 N–H and O–H groups in total. The molecule has 154 valence electrons. The van der Waals surface area contributed by atoms with Crippen LogP contribution >= 0.6 is 0 Å². The summed E-state index contributed by atoms with van der Waals surface area (Å²) in [6.07, 6.45) is 1.72. The van der Waals surface area contributed by atoms with Gasteiger partial charge in [-0.1, -0.05) is 42.5 Å². The third-order valence-electron chi connectivity index (χ3n) is 4.73. The van der Waals surface area contributed by atoms with Crippen LogP contribution in [0.1, 0.15) is 27.7 Å². The summed E-state index contributed by atoms with van der Waals surface area (Å²) in [5.41, 5.74) is 2.23. The van der Waals surface area contributed by atoms with Crippen LogP contribution in [0, 0.1) is 0 Å². The molecule has 3 aromatic rings. The standard InChI is InChI=1S/C24H25N3O3/c1-26(2)22(28)17-30-20-13-9-12-19(16-20)24(29)27(3)23(18-10-5-4-6-11-18)21-14-7-8-15-25-21/h4-16,23H,17H2,1-3H3. The number of carbonyl (C=O) groups is 2. The van der Waals surface area contributed by atoms with E-state index in [-0.39, 0.29) is 24.5 Å². The molecular weight excluding hydrogens is 378 g/mol. The lowest BCUT2D eigenvalue weighted by Crippen LogP contribution is -2.32. The van der Waals surface area contributed by atoms with Crippen LogP contribution in [0.25, 0.3) is 0 Å². The minimum atomic E-state index is -0.334. The minimum absolute atomic E-state index is 0.0823. The molecule has 2 aromatic carbocycles. The Labute approximate surface area is 176 Å². The Morgan fingerprint density at radius 3 is 2.33 bits per heavy atom. The molecule has 1 unspecified atom stereocenters. The van der Waals surface area contributed by atoms with Gasteiger partial charge < -0.3 is 14.5 Å². The number of hydrogen-bond donors (Lipinski definition) is 0. The van der Waals surface area contributed by atoms with Crippen LogP contribution in [0.15, 0.2) is 79.0 Å². The minimum Gasteiger partial charge on any atom is -0.484 e. The predicted molar refractivity (Wildman–Crippen MR) is 115 cm³/mol. The fraction of sp³-hybridized carbons (Fsp3) is 0.208. The van der Waals surface area contributed by atoms with E-state index >= 15 is 0 Å². The van der Waals surface area contributed by atoms with Gasteiger partial charge in [-0.2, -0.15) is 0 Å². The molecule has 1 atom stereocenters. The predicted octanol–water partition coefficient (Wildman–Crippen LogP) is 3.41. The normalized spacial score (nSPS) is 11.4. The molecule has 0 radical (unpaired) electrons. The highest BCUT2D eigenvalue weighted by molar-refractivity contribution is 5.95. The van der Waals surface area contributed by atoms with Gasteiger partial charge in [0.2, 0.25) is 0 Å². The summed E-state index contributed by atoms with van der Waals surface area (Å²) in [4.78, 5) is 32.7. The largest absolute Gasteiger partial charge is 0.484 e. The summed E-state index contributed by atoms with van der Waals surface area (Å²) >= 11 is 0. The van der Waals surface area contributed by atoms with Gasteiger partial charge >= 0.3 is 0 Å². The smallest absolute Gasteiger partial charge is 0.259 e. The summed E-state index contributed by atoms with van der Waals surface area (Å²) in [5, 5.41) is 0. The highest BCUT2D eigenvalue weighted by Gasteiger charge is 2.25. The summed E-state index contributed by atoms with van der Waals surface area (Å²) in [6, 6.07) is 22.0. The van der Waals surface area contributed by atoms with Gasteiger partial charge in [-0.3, -0.25) is 14.6 Å². The zero-order valence-corrected chi connectivity index (χ0v) is 17.4. The van der Waals surface area contributed by atoms with Gasteiger partial charge in [0, 0.05) is 32.9 Å². The maximum atomic E-state index is 13.3. The number of likely N-dealkylation sites (N-methyl/N-ethyl adjacent to an activating group) is 1. The molecule has 6 heteroatoms. The van der Waals surface area contributed by atoms with E-state index in [1.807, 2.05) is 48.5 Å². The molecule has 1 aromatic heterocycles. The third kappa shape index (κ3) is 5.03. The second-order valence-electron chi connectivity index (χ2n) is 7.09. The summed E-state index contributed by atoms with van der Waals surface area (Å²) in [6.45, 7) is -0.0823. The number of ether oxygens (including phenoxy) is 1. The fourth-order valence-corrected chi connectivity index (χ4v) is 3.08. The van der Waals surface area contributed by atoms with E-state index in [4.69, 9.17) is 4.74 Å². The van der Waals surface area contributed by atoms with Crippen molar-refractivity contribution >= 4 is 11.8 Å². The Balaban J connectivity index is 1.85. The number of benzene rings is 2. The second-order valence-corrected chi connectivity index (χ2v) is 7.09. The van der Waals surface area contributed by atoms with Gasteiger partial charge in [0.05, 0.1) is 11.7 Å². The van der Waals surface area contributed by atoms with E-state index in [9.17, 15) is 9.59 Å². The Bertz CT molecular complexity index is 951. The molecule has 1 heterocycles. The van der Waals surface area contributed by atoms with Gasteiger partial charge in [0.1, 0.15) is 5.75 Å². The monoisotopic (exact) mass is 403 g/mol. The zero-order chi connectivity index (χ0) is 21.5. The van der Waals surface area contributed by atoms with Crippen molar-refractivity contribution in [3.63, 3.8) is 0 Å². The number of rotatable bonds is 7. The van der Waals surface area contributed by atoms with Gasteiger partial charge in [-0.25, -0.2) is 0 Å². The third-order valence-corrected chi connectivity index (χ3v) is 4.73. The van der Waals surface area contributed by atoms with E-state index in [1.165, 1.54) is 4.90 Å². The molecule has 6 nitrogen and oxygen atoms in total. The molecule has 0 aliphatic carbocycles. The molecule has 0 fully saturated rings. The second kappa shape index (κ2) is 9.69. The van der Waals surface area contributed by atoms with Crippen LogP contribution < -0.4 is 4.74 Å². The number of pyridine rings is 1. The number of aromatic nitrogens is 1. The first-order chi connectivity index (χ1) is 14.5. The van der Waals surface area contributed by atoms with Crippen molar-refractivity contribution in [2.75, 3.05) is 27.7 Å². The Morgan fingerprint density at radius 1 is 0.933 bits per heavy atom. The summed E-state index contributed by atoms with van der Waals surface area (Å²) in [7, 11) is 5.10. The maximum Gasteiger partial charge on any atom is 0.259 e. The van der Waals surface area contributed by atoms with E-state index in [0.29, 0.717) is 11.3 Å². The lowest BCUT2D eigenvalue weighted by atomic mass is 10.0. The van der Waals surface area contributed by atoms with E-state index in [2.05, 4.69) is 4.98 Å². The lowest BCUT2D eigenvalue weighted by Gasteiger charge is -2.28. The Morgan fingerprint density at radius 2 is 1.67 bits per heavy atom. The highest BCUT2D eigenvalue weighted by atomic mass is 16.5. The first-order valence-electron chi connectivity index (χ1n) is 9.63. The average Bonchev–Trinajstić information content (AvgIpc) is 2.78. The number of amides is 2. The van der Waals surface area contributed by atoms with Crippen LogP contribution in [0.3, 0.4) is 0 Å². The van der Waals surface area contributed by atoms with Crippen molar-refractivity contribution in [1.82, 2.24) is 14.8 Å². The quantitative estimate of drug-likeness (QED) is 0.607. The summed E-state index contributed by atoms with van der Waals surface area (Å²) in [5.74, 6) is 0.153. The van der Waals surface area contributed by atoms with Gasteiger partial charge in [0.15, 0.2) is 6.61 Å². The van der Waals surface area contributed by atoms with Crippen molar-refractivity contribution in [2.45, 2.75) is 6.04 Å². The van der Waals surface area contributed by atoms with Crippen molar-refractivity contribution in [1.29, 1.82) is 0 Å². The lowest BCUT2D eigenvalue weighted by molar-refractivity contribution is -0.130. The van der Waals surface area contributed by atoms with Crippen molar-refractivity contribution in [2.24, 2.45) is 0 Å². The molecule has 0 bridgehead atoms. The number of carbonyl (C=O) groups excluding carboxylic acids is 2. The van der Waals surface area contributed by atoms with Crippen LogP contribution in [0.2, 0.25) is 0 Å². The molecule has 3 rings (SSSR count). The summed E-state index contributed by atoms with van der Waals surface area (Å²) < 4.78 is 5.56. The Kier molecular flexibility index (Phi) is 6.80. The maximum absolute atomic E-state index is 13.3. The molecule has 0 saturated carbocycles. The first kappa shape index (κ1) is 21.0.